The molecule has 0 fully saturated rings. The minimum atomic E-state index is -0.462. The molecule has 4 heteroatoms. The average Bonchev–Trinajstić information content (AvgIpc) is 2.25. The highest BCUT2D eigenvalue weighted by Gasteiger charge is 2.09. The molecule has 0 saturated heterocycles. The van der Waals surface area contributed by atoms with Gasteiger partial charge in [0, 0.05) is 12.3 Å². The average molecular weight is 188 g/mol. The third-order valence-corrected chi connectivity index (χ3v) is 1.56. The third-order valence-electron chi connectivity index (χ3n) is 1.56. The summed E-state index contributed by atoms with van der Waals surface area (Å²) < 4.78 is 4.56. The maximum atomic E-state index is 11.2. The zero-order valence-corrected chi connectivity index (χ0v) is 7.60. The van der Waals surface area contributed by atoms with E-state index in [4.69, 9.17) is 5.26 Å². The molecular weight excluding hydrogens is 180 g/mol. The molecule has 0 spiro atoms. The highest BCUT2D eigenvalue weighted by Crippen LogP contribution is 2.08. The number of hydrogen-bond donors (Lipinski definition) is 0. The number of nitrogens with zero attached hydrogens (tertiary/aromatic N) is 2. The Kier molecular flexibility index (Phi) is 3.39. The zero-order valence-electron chi connectivity index (χ0n) is 7.60. The molecule has 0 radical (unpaired) electrons. The van der Waals surface area contributed by atoms with Gasteiger partial charge in [0.25, 0.3) is 0 Å². The van der Waals surface area contributed by atoms with E-state index in [-0.39, 0.29) is 0 Å². The number of nitriles is 1. The first-order chi connectivity index (χ1) is 6.79. The number of hydrogen-bond acceptors (Lipinski definition) is 4. The van der Waals surface area contributed by atoms with Crippen molar-refractivity contribution in [1.29, 1.82) is 5.26 Å². The van der Waals surface area contributed by atoms with Crippen LogP contribution < -0.4 is 0 Å². The summed E-state index contributed by atoms with van der Waals surface area (Å²) in [4.78, 5) is 15.2. The number of esters is 1. The van der Waals surface area contributed by atoms with Gasteiger partial charge in [0.2, 0.25) is 0 Å². The number of ether oxygens (including phenoxy) is 1. The normalized spacial score (nSPS) is 9.71. The molecule has 0 aromatic carbocycles. The fourth-order valence-electron chi connectivity index (χ4n) is 0.949. The molecule has 0 bridgehead atoms. The van der Waals surface area contributed by atoms with Crippen molar-refractivity contribution in [1.82, 2.24) is 4.98 Å². The maximum Gasteiger partial charge on any atom is 0.340 e. The van der Waals surface area contributed by atoms with E-state index >= 15 is 0 Å². The van der Waals surface area contributed by atoms with Gasteiger partial charge in [-0.15, -0.1) is 0 Å². The zero-order chi connectivity index (χ0) is 10.4. The highest BCUT2D eigenvalue weighted by molar-refractivity contribution is 5.92. The van der Waals surface area contributed by atoms with Gasteiger partial charge in [-0.3, -0.25) is 4.98 Å². The highest BCUT2D eigenvalue weighted by atomic mass is 16.5. The lowest BCUT2D eigenvalue weighted by Gasteiger charge is -2.01. The van der Waals surface area contributed by atoms with Gasteiger partial charge in [-0.1, -0.05) is 0 Å². The van der Waals surface area contributed by atoms with Crippen molar-refractivity contribution in [2.75, 3.05) is 7.11 Å². The number of rotatable bonds is 2. The molecule has 1 aromatic heterocycles. The quantitative estimate of drug-likeness (QED) is 0.520. The van der Waals surface area contributed by atoms with Crippen LogP contribution in [-0.2, 0) is 4.74 Å². The Labute approximate surface area is 81.5 Å². The monoisotopic (exact) mass is 188 g/mol. The molecule has 1 aromatic rings. The van der Waals surface area contributed by atoms with Crippen LogP contribution in [0.3, 0.4) is 0 Å². The second-order valence-electron chi connectivity index (χ2n) is 2.39. The molecule has 0 unspecified atom stereocenters. The molecule has 0 atom stereocenters. The number of aromatic nitrogens is 1. The summed E-state index contributed by atoms with van der Waals surface area (Å²) in [6.45, 7) is 0. The van der Waals surface area contributed by atoms with Crippen LogP contribution in [0.1, 0.15) is 16.1 Å². The summed E-state index contributed by atoms with van der Waals surface area (Å²) in [5, 5.41) is 8.33. The number of allylic oxidation sites excluding steroid dienone is 1. The number of carbonyl (C=O) groups is 1. The van der Waals surface area contributed by atoms with Crippen LogP contribution in [0.5, 0.6) is 0 Å². The molecule has 0 saturated carbocycles. The van der Waals surface area contributed by atoms with Gasteiger partial charge in [-0.2, -0.15) is 5.26 Å². The molecule has 0 aliphatic rings. The van der Waals surface area contributed by atoms with Gasteiger partial charge in [0.05, 0.1) is 24.4 Å². The van der Waals surface area contributed by atoms with E-state index < -0.39 is 5.97 Å². The van der Waals surface area contributed by atoms with E-state index in [1.807, 2.05) is 6.07 Å². The molecule has 4 nitrogen and oxygen atoms in total. The Morgan fingerprint density at radius 1 is 1.71 bits per heavy atom. The van der Waals surface area contributed by atoms with Gasteiger partial charge in [-0.05, 0) is 18.2 Å². The lowest BCUT2D eigenvalue weighted by Crippen LogP contribution is -2.04. The lowest BCUT2D eigenvalue weighted by molar-refractivity contribution is 0.0600. The summed E-state index contributed by atoms with van der Waals surface area (Å²) >= 11 is 0. The molecular formula is C10H8N2O2. The fourth-order valence-corrected chi connectivity index (χ4v) is 0.949. The maximum absolute atomic E-state index is 11.2. The van der Waals surface area contributed by atoms with E-state index in [2.05, 4.69) is 9.72 Å². The van der Waals surface area contributed by atoms with Crippen molar-refractivity contribution < 1.29 is 9.53 Å². The van der Waals surface area contributed by atoms with Gasteiger partial charge in [-0.25, -0.2) is 4.79 Å². The second-order valence-corrected chi connectivity index (χ2v) is 2.39. The fraction of sp³-hybridized carbons (Fsp3) is 0.100. The Balaban J connectivity index is 3.10. The second kappa shape index (κ2) is 4.77. The van der Waals surface area contributed by atoms with Crippen molar-refractivity contribution in [3.63, 3.8) is 0 Å². The smallest absolute Gasteiger partial charge is 0.340 e. The molecule has 0 aliphatic carbocycles. The predicted molar refractivity (Wildman–Crippen MR) is 50.2 cm³/mol. The van der Waals surface area contributed by atoms with Crippen molar-refractivity contribution >= 4 is 12.0 Å². The van der Waals surface area contributed by atoms with Crippen LogP contribution in [0.4, 0.5) is 0 Å². The Morgan fingerprint density at radius 2 is 2.50 bits per heavy atom. The third kappa shape index (κ3) is 2.17. The van der Waals surface area contributed by atoms with Crippen LogP contribution in [0, 0.1) is 11.3 Å². The molecule has 0 aliphatic heterocycles. The summed E-state index contributed by atoms with van der Waals surface area (Å²) in [5.74, 6) is -0.462. The summed E-state index contributed by atoms with van der Waals surface area (Å²) in [6, 6.07) is 5.06. The van der Waals surface area contributed by atoms with Crippen LogP contribution in [0.25, 0.3) is 6.08 Å². The summed E-state index contributed by atoms with van der Waals surface area (Å²) in [5.41, 5.74) is 0.780. The lowest BCUT2D eigenvalue weighted by atomic mass is 10.2. The van der Waals surface area contributed by atoms with E-state index in [1.165, 1.54) is 19.3 Å². The standard InChI is InChI=1S/C10H8N2O2/c1-14-10(13)8-4-3-7-12-9(8)5-2-6-11/h2-5,7H,1H3/b5-2+. The van der Waals surface area contributed by atoms with E-state index in [0.717, 1.165) is 0 Å². The molecule has 1 rings (SSSR count). The minimum absolute atomic E-state index is 0.349. The van der Waals surface area contributed by atoms with Crippen molar-refractivity contribution in [3.8, 4) is 6.07 Å². The molecule has 0 amide bonds. The Morgan fingerprint density at radius 3 is 3.14 bits per heavy atom. The number of methoxy groups -OCH3 is 1. The van der Waals surface area contributed by atoms with Crippen LogP contribution in [0.2, 0.25) is 0 Å². The van der Waals surface area contributed by atoms with E-state index in [1.54, 1.807) is 18.3 Å². The topological polar surface area (TPSA) is 63.0 Å². The Bertz CT molecular complexity index is 405. The van der Waals surface area contributed by atoms with Crippen LogP contribution >= 0.6 is 0 Å². The van der Waals surface area contributed by atoms with Crippen LogP contribution in [-0.4, -0.2) is 18.1 Å². The minimum Gasteiger partial charge on any atom is -0.465 e. The molecule has 1 heterocycles. The molecule has 0 N–H and O–H groups in total. The largest absolute Gasteiger partial charge is 0.465 e. The predicted octanol–water partition coefficient (Wildman–Crippen LogP) is 1.40. The van der Waals surface area contributed by atoms with Gasteiger partial charge in [0.1, 0.15) is 0 Å². The molecule has 70 valence electrons. The van der Waals surface area contributed by atoms with E-state index in [9.17, 15) is 4.79 Å². The van der Waals surface area contributed by atoms with Gasteiger partial charge in [0.15, 0.2) is 0 Å². The van der Waals surface area contributed by atoms with Gasteiger partial charge >= 0.3 is 5.97 Å². The first-order valence-corrected chi connectivity index (χ1v) is 3.89. The van der Waals surface area contributed by atoms with Crippen molar-refractivity contribution in [3.05, 3.63) is 35.7 Å². The van der Waals surface area contributed by atoms with Crippen LogP contribution in [0.15, 0.2) is 24.4 Å². The first-order valence-electron chi connectivity index (χ1n) is 3.89. The van der Waals surface area contributed by atoms with Crippen molar-refractivity contribution in [2.24, 2.45) is 0 Å². The molecule has 14 heavy (non-hydrogen) atoms. The number of carbonyl (C=O) groups excluding carboxylic acids is 1. The van der Waals surface area contributed by atoms with E-state index in [0.29, 0.717) is 11.3 Å². The van der Waals surface area contributed by atoms with Gasteiger partial charge < -0.3 is 4.74 Å². The Hall–Kier alpha value is -2.15. The summed E-state index contributed by atoms with van der Waals surface area (Å²) in [6.07, 6.45) is 4.27. The van der Waals surface area contributed by atoms with Crippen molar-refractivity contribution in [2.45, 2.75) is 0 Å². The first kappa shape index (κ1) is 9.93. The SMILES string of the molecule is COC(=O)c1cccnc1/C=C/C#N. The summed E-state index contributed by atoms with van der Waals surface area (Å²) in [7, 11) is 1.30. The number of pyridine rings is 1.